The van der Waals surface area contributed by atoms with Gasteiger partial charge in [-0.15, -0.1) is 11.6 Å². The van der Waals surface area contributed by atoms with Gasteiger partial charge in [-0.1, -0.05) is 66.7 Å². The van der Waals surface area contributed by atoms with Crippen molar-refractivity contribution in [2.75, 3.05) is 30.5 Å². The van der Waals surface area contributed by atoms with Crippen LogP contribution in [0, 0.1) is 0 Å². The van der Waals surface area contributed by atoms with Crippen LogP contribution >= 0.6 is 11.6 Å². The number of aromatic nitrogens is 1. The molecule has 0 aliphatic carbocycles. The highest BCUT2D eigenvalue weighted by atomic mass is 35.5. The van der Waals surface area contributed by atoms with Crippen LogP contribution in [0.3, 0.4) is 0 Å². The number of halogens is 1. The van der Waals surface area contributed by atoms with Crippen molar-refractivity contribution in [2.45, 2.75) is 6.17 Å². The number of nitrogens with one attached hydrogen (secondary N) is 2. The molecule has 2 heterocycles. The van der Waals surface area contributed by atoms with E-state index < -0.39 is 12.1 Å². The van der Waals surface area contributed by atoms with Gasteiger partial charge in [0.15, 0.2) is 0 Å². The van der Waals surface area contributed by atoms with Crippen molar-refractivity contribution >= 4 is 45.7 Å². The maximum Gasteiger partial charge on any atom is 0.272 e. The second-order valence-electron chi connectivity index (χ2n) is 8.30. The molecule has 0 saturated carbocycles. The van der Waals surface area contributed by atoms with Gasteiger partial charge >= 0.3 is 0 Å². The number of anilines is 1. The first-order valence-corrected chi connectivity index (χ1v) is 12.3. The third-order valence-corrected chi connectivity index (χ3v) is 6.13. The molecule has 0 saturated heterocycles. The zero-order valence-electron chi connectivity index (χ0n) is 19.5. The Kier molecular flexibility index (Phi) is 7.11. The standard InChI is InChI=1S/C28H25ClN4O3/c29-14-16-36-17-15-33-24-13-7-5-11-21(24)25(19-8-2-1-3-9-19)31-26(28(33)35)32-27(34)23-18-20-10-4-6-12-22(20)30-23/h1-13,18,26,30H,14-17H2,(H,32,34). The molecule has 0 spiro atoms. The molecule has 0 bridgehead atoms. The average Bonchev–Trinajstić information content (AvgIpc) is 3.32. The molecule has 1 aromatic heterocycles. The fourth-order valence-corrected chi connectivity index (χ4v) is 4.40. The van der Waals surface area contributed by atoms with Gasteiger partial charge in [0.25, 0.3) is 11.8 Å². The van der Waals surface area contributed by atoms with Gasteiger partial charge in [-0.2, -0.15) is 0 Å². The number of alkyl halides is 1. The number of hydrogen-bond donors (Lipinski definition) is 2. The van der Waals surface area contributed by atoms with Gasteiger partial charge < -0.3 is 19.9 Å². The van der Waals surface area contributed by atoms with Gasteiger partial charge in [-0.05, 0) is 18.2 Å². The van der Waals surface area contributed by atoms with Crippen LogP contribution in [0.25, 0.3) is 10.9 Å². The molecular weight excluding hydrogens is 476 g/mol. The van der Waals surface area contributed by atoms with E-state index in [1.807, 2.05) is 78.9 Å². The summed E-state index contributed by atoms with van der Waals surface area (Å²) in [7, 11) is 0. The summed E-state index contributed by atoms with van der Waals surface area (Å²) in [5.41, 5.74) is 4.19. The third kappa shape index (κ3) is 4.89. The molecule has 8 heteroatoms. The molecule has 1 aliphatic rings. The Morgan fingerprint density at radius 2 is 1.75 bits per heavy atom. The first kappa shape index (κ1) is 23.8. The highest BCUT2D eigenvalue weighted by Crippen LogP contribution is 2.28. The number of ether oxygens (including phenoxy) is 1. The molecule has 4 aromatic rings. The molecule has 1 aliphatic heterocycles. The number of benzodiazepines with no additional fused rings is 1. The molecule has 0 fully saturated rings. The number of rotatable bonds is 8. The summed E-state index contributed by atoms with van der Waals surface area (Å²) in [5.74, 6) is -0.382. The van der Waals surface area contributed by atoms with E-state index in [1.165, 1.54) is 0 Å². The fraction of sp³-hybridized carbons (Fsp3) is 0.179. The Labute approximate surface area is 213 Å². The van der Waals surface area contributed by atoms with E-state index in [9.17, 15) is 9.59 Å². The van der Waals surface area contributed by atoms with Crippen molar-refractivity contribution in [1.82, 2.24) is 10.3 Å². The van der Waals surface area contributed by atoms with Gasteiger partial charge in [0.05, 0.1) is 24.6 Å². The zero-order valence-corrected chi connectivity index (χ0v) is 20.2. The molecule has 36 heavy (non-hydrogen) atoms. The smallest absolute Gasteiger partial charge is 0.272 e. The van der Waals surface area contributed by atoms with Gasteiger partial charge in [0, 0.05) is 34.5 Å². The van der Waals surface area contributed by atoms with Crippen LogP contribution in [-0.2, 0) is 9.53 Å². The topological polar surface area (TPSA) is 86.8 Å². The number of benzene rings is 3. The lowest BCUT2D eigenvalue weighted by Crippen LogP contribution is -2.48. The molecule has 7 nitrogen and oxygen atoms in total. The second-order valence-corrected chi connectivity index (χ2v) is 8.68. The van der Waals surface area contributed by atoms with Crippen LogP contribution in [0.4, 0.5) is 5.69 Å². The molecular formula is C28H25ClN4O3. The van der Waals surface area contributed by atoms with Crippen molar-refractivity contribution < 1.29 is 14.3 Å². The van der Waals surface area contributed by atoms with Crippen molar-refractivity contribution in [3.63, 3.8) is 0 Å². The maximum atomic E-state index is 13.8. The van der Waals surface area contributed by atoms with Crippen molar-refractivity contribution in [3.8, 4) is 0 Å². The Bertz CT molecular complexity index is 1380. The van der Waals surface area contributed by atoms with E-state index >= 15 is 0 Å². The van der Waals surface area contributed by atoms with E-state index in [2.05, 4.69) is 10.3 Å². The van der Waals surface area contributed by atoms with E-state index in [0.29, 0.717) is 42.7 Å². The molecule has 2 N–H and O–H groups in total. The van der Waals surface area contributed by atoms with Crippen LogP contribution < -0.4 is 10.2 Å². The lowest BCUT2D eigenvalue weighted by Gasteiger charge is -2.25. The van der Waals surface area contributed by atoms with Crippen LogP contribution in [0.1, 0.15) is 21.6 Å². The number of hydrogen-bond acceptors (Lipinski definition) is 4. The van der Waals surface area contributed by atoms with E-state index in [-0.39, 0.29) is 5.91 Å². The van der Waals surface area contributed by atoms with E-state index in [0.717, 1.165) is 22.0 Å². The zero-order chi connectivity index (χ0) is 24.9. The first-order valence-electron chi connectivity index (χ1n) is 11.7. The van der Waals surface area contributed by atoms with Crippen LogP contribution in [-0.4, -0.2) is 54.3 Å². The number of para-hydroxylation sites is 2. The minimum absolute atomic E-state index is 0.295. The summed E-state index contributed by atoms with van der Waals surface area (Å²) >= 11 is 5.74. The Morgan fingerprint density at radius 1 is 1.00 bits per heavy atom. The SMILES string of the molecule is O=C(NC1N=C(c2ccccc2)c2ccccc2N(CCOCCCl)C1=O)c1cc2ccccc2[nH]1. The molecule has 5 rings (SSSR count). The first-order chi connectivity index (χ1) is 17.7. The van der Waals surface area contributed by atoms with Crippen LogP contribution in [0.15, 0.2) is 89.9 Å². The maximum absolute atomic E-state index is 13.8. The molecule has 2 amide bonds. The summed E-state index contributed by atoms with van der Waals surface area (Å²) < 4.78 is 5.56. The molecule has 182 valence electrons. The predicted molar refractivity (Wildman–Crippen MR) is 142 cm³/mol. The molecule has 1 unspecified atom stereocenters. The Hall–Kier alpha value is -3.94. The van der Waals surface area contributed by atoms with Gasteiger partial charge in [-0.25, -0.2) is 4.99 Å². The number of aliphatic imine (C=N–C) groups is 1. The van der Waals surface area contributed by atoms with E-state index in [4.69, 9.17) is 21.3 Å². The Balaban J connectivity index is 1.53. The third-order valence-electron chi connectivity index (χ3n) is 5.98. The summed E-state index contributed by atoms with van der Waals surface area (Å²) in [6.45, 7) is 0.983. The summed E-state index contributed by atoms with van der Waals surface area (Å²) in [4.78, 5) is 36.6. The lowest BCUT2D eigenvalue weighted by atomic mass is 10.0. The summed E-state index contributed by atoms with van der Waals surface area (Å²) in [6, 6.07) is 26.6. The lowest BCUT2D eigenvalue weighted by molar-refractivity contribution is -0.120. The highest BCUT2D eigenvalue weighted by Gasteiger charge is 2.33. The minimum Gasteiger partial charge on any atom is -0.378 e. The van der Waals surface area contributed by atoms with Gasteiger partial charge in [0.1, 0.15) is 5.69 Å². The normalized spacial score (nSPS) is 15.4. The van der Waals surface area contributed by atoms with Crippen molar-refractivity contribution in [3.05, 3.63) is 102 Å². The summed E-state index contributed by atoms with van der Waals surface area (Å²) in [6.07, 6.45) is -1.13. The number of carbonyl (C=O) groups is 2. The number of amides is 2. The van der Waals surface area contributed by atoms with Gasteiger partial charge in [0.2, 0.25) is 6.17 Å². The highest BCUT2D eigenvalue weighted by molar-refractivity contribution is 6.20. The van der Waals surface area contributed by atoms with Crippen LogP contribution in [0.5, 0.6) is 0 Å². The largest absolute Gasteiger partial charge is 0.378 e. The van der Waals surface area contributed by atoms with Crippen LogP contribution in [0.2, 0.25) is 0 Å². The summed E-state index contributed by atoms with van der Waals surface area (Å²) in [5, 5.41) is 3.75. The van der Waals surface area contributed by atoms with Crippen molar-refractivity contribution in [2.24, 2.45) is 4.99 Å². The number of fused-ring (bicyclic) bond motifs is 2. The quantitative estimate of drug-likeness (QED) is 0.278. The average molecular weight is 501 g/mol. The number of H-pyrrole nitrogens is 1. The van der Waals surface area contributed by atoms with E-state index in [1.54, 1.807) is 11.0 Å². The van der Waals surface area contributed by atoms with Crippen molar-refractivity contribution in [1.29, 1.82) is 0 Å². The second kappa shape index (κ2) is 10.8. The minimum atomic E-state index is -1.13. The fourth-order valence-electron chi connectivity index (χ4n) is 4.29. The molecule has 3 aromatic carbocycles. The Morgan fingerprint density at radius 3 is 2.56 bits per heavy atom. The molecule has 0 radical (unpaired) electrons. The monoisotopic (exact) mass is 500 g/mol. The number of nitrogens with zero attached hydrogens (tertiary/aromatic N) is 2. The van der Waals surface area contributed by atoms with Gasteiger partial charge in [-0.3, -0.25) is 9.59 Å². The number of aromatic amines is 1. The number of carbonyl (C=O) groups excluding carboxylic acids is 2. The predicted octanol–water partition coefficient (Wildman–Crippen LogP) is 4.36. The molecule has 1 atom stereocenters.